The largest absolute Gasteiger partial charge is 0.357 e. The third-order valence-corrected chi connectivity index (χ3v) is 3.28. The summed E-state index contributed by atoms with van der Waals surface area (Å²) in [5.41, 5.74) is 1.33. The normalized spacial score (nSPS) is 12.4. The van der Waals surface area contributed by atoms with Gasteiger partial charge in [-0.05, 0) is 50.4 Å². The third kappa shape index (κ3) is 5.19. The van der Waals surface area contributed by atoms with Crippen LogP contribution in [0.4, 0.5) is 5.82 Å². The van der Waals surface area contributed by atoms with Crippen LogP contribution in [0.1, 0.15) is 58.6 Å². The molecule has 0 fully saturated rings. The van der Waals surface area contributed by atoms with Gasteiger partial charge in [0.2, 0.25) is 0 Å². The zero-order chi connectivity index (χ0) is 14.1. The molecular formula is C16H29N3. The number of nitrogens with zero attached hydrogens (tertiary/aromatic N) is 2. The summed E-state index contributed by atoms with van der Waals surface area (Å²) in [6.45, 7) is 12.1. The maximum Gasteiger partial charge on any atom is 0.128 e. The Bertz CT molecular complexity index is 346. The number of hydrogen-bond donors (Lipinski definition) is 1. The van der Waals surface area contributed by atoms with E-state index in [1.165, 1.54) is 12.0 Å². The van der Waals surface area contributed by atoms with Gasteiger partial charge in [-0.25, -0.2) is 4.98 Å². The van der Waals surface area contributed by atoms with Crippen LogP contribution in [-0.2, 0) is 0 Å². The Morgan fingerprint density at radius 1 is 1.16 bits per heavy atom. The Kier molecular flexibility index (Phi) is 7.49. The monoisotopic (exact) mass is 263 g/mol. The molecule has 0 saturated carbocycles. The summed E-state index contributed by atoms with van der Waals surface area (Å²) in [6.07, 6.45) is 5.43. The van der Waals surface area contributed by atoms with E-state index in [0.29, 0.717) is 6.04 Å². The van der Waals surface area contributed by atoms with Crippen LogP contribution in [0.3, 0.4) is 0 Å². The van der Waals surface area contributed by atoms with Gasteiger partial charge in [0, 0.05) is 25.3 Å². The average molecular weight is 263 g/mol. The molecule has 1 aromatic rings. The van der Waals surface area contributed by atoms with Crippen molar-refractivity contribution in [1.82, 2.24) is 10.3 Å². The lowest BCUT2D eigenvalue weighted by atomic mass is 10.1. The molecule has 0 aliphatic carbocycles. The van der Waals surface area contributed by atoms with Gasteiger partial charge < -0.3 is 10.2 Å². The fourth-order valence-electron chi connectivity index (χ4n) is 2.24. The Balaban J connectivity index is 2.78. The molecule has 3 heteroatoms. The van der Waals surface area contributed by atoms with Gasteiger partial charge in [0.1, 0.15) is 5.82 Å². The van der Waals surface area contributed by atoms with Gasteiger partial charge in [0.15, 0.2) is 0 Å². The first-order valence-electron chi connectivity index (χ1n) is 7.67. The van der Waals surface area contributed by atoms with Crippen LogP contribution in [0.2, 0.25) is 0 Å². The molecule has 0 bridgehead atoms. The van der Waals surface area contributed by atoms with Crippen LogP contribution in [0.25, 0.3) is 0 Å². The Morgan fingerprint density at radius 2 is 1.84 bits per heavy atom. The number of nitrogens with one attached hydrogen (secondary N) is 1. The van der Waals surface area contributed by atoms with Crippen molar-refractivity contribution in [3.63, 3.8) is 0 Å². The van der Waals surface area contributed by atoms with E-state index in [1.54, 1.807) is 0 Å². The molecule has 3 nitrogen and oxygen atoms in total. The highest BCUT2D eigenvalue weighted by atomic mass is 15.2. The molecular weight excluding hydrogens is 234 g/mol. The standard InChI is InChI=1S/C16H29N3/c1-5-9-17-14(4)15-8-10-18-16(13-15)19(11-6-2)12-7-3/h8,10,13-14,17H,5-7,9,11-12H2,1-4H3. The highest BCUT2D eigenvalue weighted by molar-refractivity contribution is 5.41. The van der Waals surface area contributed by atoms with E-state index >= 15 is 0 Å². The van der Waals surface area contributed by atoms with Crippen LogP contribution < -0.4 is 10.2 Å². The summed E-state index contributed by atoms with van der Waals surface area (Å²) in [5, 5.41) is 3.53. The molecule has 1 unspecified atom stereocenters. The molecule has 0 spiro atoms. The molecule has 1 N–H and O–H groups in total. The zero-order valence-corrected chi connectivity index (χ0v) is 12.9. The second-order valence-electron chi connectivity index (χ2n) is 5.11. The lowest BCUT2D eigenvalue weighted by Crippen LogP contribution is -2.26. The van der Waals surface area contributed by atoms with Crippen molar-refractivity contribution < 1.29 is 0 Å². The van der Waals surface area contributed by atoms with Crippen molar-refractivity contribution in [2.75, 3.05) is 24.5 Å². The van der Waals surface area contributed by atoms with Gasteiger partial charge in [0.25, 0.3) is 0 Å². The fourth-order valence-corrected chi connectivity index (χ4v) is 2.24. The molecule has 1 heterocycles. The number of rotatable bonds is 9. The van der Waals surface area contributed by atoms with E-state index in [1.807, 2.05) is 6.20 Å². The molecule has 0 aromatic carbocycles. The summed E-state index contributed by atoms with van der Waals surface area (Å²) >= 11 is 0. The van der Waals surface area contributed by atoms with Crippen molar-refractivity contribution in [2.24, 2.45) is 0 Å². The van der Waals surface area contributed by atoms with Gasteiger partial charge in [0.05, 0.1) is 0 Å². The number of pyridine rings is 1. The molecule has 1 atom stereocenters. The predicted molar refractivity (Wildman–Crippen MR) is 83.7 cm³/mol. The van der Waals surface area contributed by atoms with Crippen LogP contribution in [-0.4, -0.2) is 24.6 Å². The maximum atomic E-state index is 4.54. The first-order valence-corrected chi connectivity index (χ1v) is 7.67. The van der Waals surface area contributed by atoms with Crippen LogP contribution in [0.5, 0.6) is 0 Å². The molecule has 0 aliphatic rings. The lowest BCUT2D eigenvalue weighted by molar-refractivity contribution is 0.570. The average Bonchev–Trinajstić information content (AvgIpc) is 2.44. The highest BCUT2D eigenvalue weighted by Gasteiger charge is 2.09. The first-order chi connectivity index (χ1) is 9.22. The van der Waals surface area contributed by atoms with E-state index < -0.39 is 0 Å². The number of aromatic nitrogens is 1. The van der Waals surface area contributed by atoms with Gasteiger partial charge in [-0.1, -0.05) is 20.8 Å². The second-order valence-corrected chi connectivity index (χ2v) is 5.11. The molecule has 108 valence electrons. The van der Waals surface area contributed by atoms with E-state index in [9.17, 15) is 0 Å². The molecule has 0 amide bonds. The van der Waals surface area contributed by atoms with E-state index in [4.69, 9.17) is 0 Å². The minimum absolute atomic E-state index is 0.395. The second kappa shape index (κ2) is 8.92. The van der Waals surface area contributed by atoms with Crippen molar-refractivity contribution in [2.45, 2.75) is 53.0 Å². The maximum absolute atomic E-state index is 4.54. The Hall–Kier alpha value is -1.09. The number of hydrogen-bond acceptors (Lipinski definition) is 3. The van der Waals surface area contributed by atoms with E-state index in [-0.39, 0.29) is 0 Å². The van der Waals surface area contributed by atoms with Gasteiger partial charge in [-0.3, -0.25) is 0 Å². The molecule has 19 heavy (non-hydrogen) atoms. The quantitative estimate of drug-likeness (QED) is 0.735. The van der Waals surface area contributed by atoms with Crippen LogP contribution in [0, 0.1) is 0 Å². The Labute approximate surface area is 118 Å². The fraction of sp³-hybridized carbons (Fsp3) is 0.688. The highest BCUT2D eigenvalue weighted by Crippen LogP contribution is 2.18. The summed E-state index contributed by atoms with van der Waals surface area (Å²) in [7, 11) is 0. The molecule has 1 aromatic heterocycles. The summed E-state index contributed by atoms with van der Waals surface area (Å²) < 4.78 is 0. The minimum atomic E-state index is 0.395. The van der Waals surface area contributed by atoms with Crippen molar-refractivity contribution >= 4 is 5.82 Å². The van der Waals surface area contributed by atoms with Crippen molar-refractivity contribution in [3.05, 3.63) is 23.9 Å². The molecule has 0 radical (unpaired) electrons. The van der Waals surface area contributed by atoms with Crippen molar-refractivity contribution in [3.8, 4) is 0 Å². The first kappa shape index (κ1) is 16.0. The van der Waals surface area contributed by atoms with E-state index in [0.717, 1.165) is 38.3 Å². The van der Waals surface area contributed by atoms with Crippen LogP contribution >= 0.6 is 0 Å². The zero-order valence-electron chi connectivity index (χ0n) is 12.9. The SMILES string of the molecule is CCCNC(C)c1ccnc(N(CCC)CCC)c1. The Morgan fingerprint density at radius 3 is 2.42 bits per heavy atom. The molecule has 1 rings (SSSR count). The van der Waals surface area contributed by atoms with Crippen molar-refractivity contribution in [1.29, 1.82) is 0 Å². The summed E-state index contributed by atoms with van der Waals surface area (Å²) in [6, 6.07) is 4.75. The molecule has 0 saturated heterocycles. The predicted octanol–water partition coefficient (Wildman–Crippen LogP) is 3.77. The minimum Gasteiger partial charge on any atom is -0.357 e. The van der Waals surface area contributed by atoms with Crippen LogP contribution in [0.15, 0.2) is 18.3 Å². The third-order valence-electron chi connectivity index (χ3n) is 3.28. The topological polar surface area (TPSA) is 28.2 Å². The van der Waals surface area contributed by atoms with Gasteiger partial charge in [-0.2, -0.15) is 0 Å². The number of anilines is 1. The summed E-state index contributed by atoms with van der Waals surface area (Å²) in [5.74, 6) is 1.12. The van der Waals surface area contributed by atoms with Gasteiger partial charge in [-0.15, -0.1) is 0 Å². The lowest BCUT2D eigenvalue weighted by Gasteiger charge is -2.24. The summed E-state index contributed by atoms with van der Waals surface area (Å²) in [4.78, 5) is 6.92. The van der Waals surface area contributed by atoms with E-state index in [2.05, 4.69) is 55.0 Å². The molecule has 0 aliphatic heterocycles. The smallest absolute Gasteiger partial charge is 0.128 e. The van der Waals surface area contributed by atoms with Gasteiger partial charge >= 0.3 is 0 Å².